The molecule has 0 saturated heterocycles. The molecule has 0 fully saturated rings. The number of para-hydroxylation sites is 2. The molecule has 0 saturated carbocycles. The standard InChI is InChI=1S/C18H14F2N2O4/c1-11(16(23)22-14-8-4-2-6-12(14)10-21)25-17(24)13-7-3-5-9-15(13)26-18(19)20/h2-9,11,18H,1H3,(H,22,23)/t11-/m1/s1. The quantitative estimate of drug-likeness (QED) is 0.798. The van der Waals surface area contributed by atoms with Gasteiger partial charge >= 0.3 is 12.6 Å². The Bertz CT molecular complexity index is 849. The minimum Gasteiger partial charge on any atom is -0.449 e. The van der Waals surface area contributed by atoms with Gasteiger partial charge in [-0.15, -0.1) is 0 Å². The molecular weight excluding hydrogens is 346 g/mol. The molecule has 0 unspecified atom stereocenters. The van der Waals surface area contributed by atoms with Crippen LogP contribution in [0.2, 0.25) is 0 Å². The van der Waals surface area contributed by atoms with E-state index in [0.717, 1.165) is 0 Å². The number of ether oxygens (including phenoxy) is 2. The number of hydrogen-bond donors (Lipinski definition) is 1. The van der Waals surface area contributed by atoms with Gasteiger partial charge in [-0.3, -0.25) is 4.79 Å². The van der Waals surface area contributed by atoms with Crippen LogP contribution in [0.4, 0.5) is 14.5 Å². The van der Waals surface area contributed by atoms with Crippen LogP contribution in [0.1, 0.15) is 22.8 Å². The van der Waals surface area contributed by atoms with E-state index in [1.54, 1.807) is 12.1 Å². The maximum Gasteiger partial charge on any atom is 0.387 e. The zero-order valence-corrected chi connectivity index (χ0v) is 13.6. The molecule has 1 N–H and O–H groups in total. The Hall–Kier alpha value is -3.47. The second-order valence-corrected chi connectivity index (χ2v) is 5.07. The van der Waals surface area contributed by atoms with Crippen LogP contribution in [-0.2, 0) is 9.53 Å². The first-order chi connectivity index (χ1) is 12.4. The van der Waals surface area contributed by atoms with Gasteiger partial charge in [-0.05, 0) is 31.2 Å². The van der Waals surface area contributed by atoms with Gasteiger partial charge in [0.15, 0.2) is 6.10 Å². The van der Waals surface area contributed by atoms with Crippen molar-refractivity contribution < 1.29 is 27.8 Å². The molecular formula is C18H14F2N2O4. The zero-order chi connectivity index (χ0) is 19.1. The van der Waals surface area contributed by atoms with Crippen molar-refractivity contribution in [1.82, 2.24) is 0 Å². The summed E-state index contributed by atoms with van der Waals surface area (Å²) in [6, 6.07) is 13.5. The third-order valence-corrected chi connectivity index (χ3v) is 3.28. The van der Waals surface area contributed by atoms with E-state index in [-0.39, 0.29) is 22.6 Å². The van der Waals surface area contributed by atoms with Crippen molar-refractivity contribution in [3.8, 4) is 11.8 Å². The van der Waals surface area contributed by atoms with Crippen LogP contribution in [0.3, 0.4) is 0 Å². The number of carbonyl (C=O) groups is 2. The monoisotopic (exact) mass is 360 g/mol. The maximum absolute atomic E-state index is 12.4. The first kappa shape index (κ1) is 18.9. The molecule has 6 nitrogen and oxygen atoms in total. The molecule has 2 rings (SSSR count). The minimum atomic E-state index is -3.10. The van der Waals surface area contributed by atoms with E-state index in [1.165, 1.54) is 43.3 Å². The lowest BCUT2D eigenvalue weighted by Gasteiger charge is -2.15. The molecule has 2 aromatic carbocycles. The van der Waals surface area contributed by atoms with E-state index in [4.69, 9.17) is 10.00 Å². The van der Waals surface area contributed by atoms with Crippen LogP contribution in [0.5, 0.6) is 5.75 Å². The molecule has 134 valence electrons. The molecule has 0 heterocycles. The Labute approximate surface area is 148 Å². The number of halogens is 2. The lowest BCUT2D eigenvalue weighted by atomic mass is 10.2. The smallest absolute Gasteiger partial charge is 0.387 e. The second-order valence-electron chi connectivity index (χ2n) is 5.07. The summed E-state index contributed by atoms with van der Waals surface area (Å²) < 4.78 is 34.1. The molecule has 0 bridgehead atoms. The summed E-state index contributed by atoms with van der Waals surface area (Å²) in [5.74, 6) is -2.01. The second kappa shape index (κ2) is 8.58. The molecule has 26 heavy (non-hydrogen) atoms. The summed E-state index contributed by atoms with van der Waals surface area (Å²) in [7, 11) is 0. The third kappa shape index (κ3) is 4.77. The number of alkyl halides is 2. The first-order valence-corrected chi connectivity index (χ1v) is 7.47. The number of nitriles is 1. The first-order valence-electron chi connectivity index (χ1n) is 7.47. The number of esters is 1. The largest absolute Gasteiger partial charge is 0.449 e. The average molecular weight is 360 g/mol. The Kier molecular flexibility index (Phi) is 6.22. The fourth-order valence-electron chi connectivity index (χ4n) is 2.04. The summed E-state index contributed by atoms with van der Waals surface area (Å²) in [6.45, 7) is -1.79. The van der Waals surface area contributed by atoms with Crippen molar-refractivity contribution in [3.63, 3.8) is 0 Å². The molecule has 0 aromatic heterocycles. The topological polar surface area (TPSA) is 88.4 Å². The highest BCUT2D eigenvalue weighted by Crippen LogP contribution is 2.22. The number of rotatable bonds is 6. The highest BCUT2D eigenvalue weighted by Gasteiger charge is 2.23. The fraction of sp³-hybridized carbons (Fsp3) is 0.167. The van der Waals surface area contributed by atoms with Crippen molar-refractivity contribution in [3.05, 3.63) is 59.7 Å². The summed E-state index contributed by atoms with van der Waals surface area (Å²) >= 11 is 0. The molecule has 1 atom stereocenters. The highest BCUT2D eigenvalue weighted by atomic mass is 19.3. The van der Waals surface area contributed by atoms with Gasteiger partial charge in [0.25, 0.3) is 5.91 Å². The van der Waals surface area contributed by atoms with Gasteiger partial charge < -0.3 is 14.8 Å². The third-order valence-electron chi connectivity index (χ3n) is 3.28. The predicted octanol–water partition coefficient (Wildman–Crippen LogP) is 3.34. The Morgan fingerprint density at radius 2 is 1.77 bits per heavy atom. The van der Waals surface area contributed by atoms with Gasteiger partial charge in [-0.2, -0.15) is 14.0 Å². The number of carbonyl (C=O) groups excluding carboxylic acids is 2. The number of benzene rings is 2. The number of hydrogen-bond acceptors (Lipinski definition) is 5. The number of nitrogens with one attached hydrogen (secondary N) is 1. The predicted molar refractivity (Wildman–Crippen MR) is 87.7 cm³/mol. The van der Waals surface area contributed by atoms with Gasteiger partial charge in [-0.25, -0.2) is 4.79 Å². The van der Waals surface area contributed by atoms with E-state index in [9.17, 15) is 18.4 Å². The van der Waals surface area contributed by atoms with Gasteiger partial charge in [0, 0.05) is 0 Å². The fourth-order valence-corrected chi connectivity index (χ4v) is 2.04. The Morgan fingerprint density at radius 1 is 1.12 bits per heavy atom. The van der Waals surface area contributed by atoms with Crippen molar-refractivity contribution >= 4 is 17.6 Å². The van der Waals surface area contributed by atoms with Crippen LogP contribution < -0.4 is 10.1 Å². The summed E-state index contributed by atoms with van der Waals surface area (Å²) in [5.41, 5.74) is 0.282. The van der Waals surface area contributed by atoms with Gasteiger partial charge in [0.2, 0.25) is 0 Å². The zero-order valence-electron chi connectivity index (χ0n) is 13.6. The SMILES string of the molecule is C[C@@H](OC(=O)c1ccccc1OC(F)F)C(=O)Nc1ccccc1C#N. The summed E-state index contributed by atoms with van der Waals surface area (Å²) in [4.78, 5) is 24.3. The Balaban J connectivity index is 2.07. The number of anilines is 1. The molecule has 1 amide bonds. The minimum absolute atomic E-state index is 0.232. The van der Waals surface area contributed by atoms with Crippen LogP contribution in [0.15, 0.2) is 48.5 Å². The van der Waals surface area contributed by atoms with E-state index in [1.807, 2.05) is 6.07 Å². The average Bonchev–Trinajstić information content (AvgIpc) is 2.62. The van der Waals surface area contributed by atoms with Crippen LogP contribution >= 0.6 is 0 Å². The lowest BCUT2D eigenvalue weighted by Crippen LogP contribution is -2.30. The van der Waals surface area contributed by atoms with Gasteiger partial charge in [0.05, 0.1) is 11.3 Å². The summed E-state index contributed by atoms with van der Waals surface area (Å²) in [6.07, 6.45) is -1.23. The molecule has 0 radical (unpaired) electrons. The molecule has 0 aliphatic carbocycles. The van der Waals surface area contributed by atoms with Crippen LogP contribution in [-0.4, -0.2) is 24.6 Å². The van der Waals surface area contributed by atoms with E-state index in [0.29, 0.717) is 0 Å². The molecule has 8 heteroatoms. The molecule has 0 aliphatic heterocycles. The van der Waals surface area contributed by atoms with Crippen LogP contribution in [0.25, 0.3) is 0 Å². The summed E-state index contributed by atoms with van der Waals surface area (Å²) in [5, 5.41) is 11.5. The normalized spacial score (nSPS) is 11.3. The molecule has 2 aromatic rings. The van der Waals surface area contributed by atoms with Crippen molar-refractivity contribution in [2.45, 2.75) is 19.6 Å². The van der Waals surface area contributed by atoms with E-state index >= 15 is 0 Å². The van der Waals surface area contributed by atoms with E-state index in [2.05, 4.69) is 10.1 Å². The number of amides is 1. The maximum atomic E-state index is 12.4. The van der Waals surface area contributed by atoms with Gasteiger partial charge in [0.1, 0.15) is 17.4 Å². The van der Waals surface area contributed by atoms with Crippen LogP contribution in [0, 0.1) is 11.3 Å². The highest BCUT2D eigenvalue weighted by molar-refractivity contribution is 5.98. The number of nitrogens with zero attached hydrogens (tertiary/aromatic N) is 1. The lowest BCUT2D eigenvalue weighted by molar-refractivity contribution is -0.123. The van der Waals surface area contributed by atoms with Crippen molar-refractivity contribution in [2.24, 2.45) is 0 Å². The van der Waals surface area contributed by atoms with Gasteiger partial charge in [-0.1, -0.05) is 24.3 Å². The van der Waals surface area contributed by atoms with Crippen molar-refractivity contribution in [1.29, 1.82) is 5.26 Å². The van der Waals surface area contributed by atoms with Crippen molar-refractivity contribution in [2.75, 3.05) is 5.32 Å². The Morgan fingerprint density at radius 3 is 2.46 bits per heavy atom. The molecule has 0 aliphatic rings. The van der Waals surface area contributed by atoms with E-state index < -0.39 is 24.6 Å². The molecule has 0 spiro atoms.